The van der Waals surface area contributed by atoms with Crippen molar-refractivity contribution in [3.63, 3.8) is 0 Å². The van der Waals surface area contributed by atoms with Crippen molar-refractivity contribution in [3.8, 4) is 5.75 Å². The van der Waals surface area contributed by atoms with E-state index in [1.54, 1.807) is 6.07 Å². The van der Waals surface area contributed by atoms with Gasteiger partial charge in [-0.3, -0.25) is 0 Å². The van der Waals surface area contributed by atoms with Crippen LogP contribution in [0, 0.1) is 0 Å². The second kappa shape index (κ2) is 8.09. The number of aromatic nitrogens is 1. The number of hydrogen-bond donors (Lipinski definition) is 3. The zero-order valence-corrected chi connectivity index (χ0v) is 15.8. The number of fused-ring (bicyclic) bond motifs is 1. The van der Waals surface area contributed by atoms with Crippen molar-refractivity contribution < 1.29 is 14.6 Å². The Morgan fingerprint density at radius 1 is 1.22 bits per heavy atom. The molecule has 1 heterocycles. The van der Waals surface area contributed by atoms with Crippen LogP contribution in [-0.2, 0) is 17.8 Å². The van der Waals surface area contributed by atoms with Gasteiger partial charge in [0.25, 0.3) is 0 Å². The highest BCUT2D eigenvalue weighted by molar-refractivity contribution is 7.80. The Kier molecular flexibility index (Phi) is 5.61. The summed E-state index contributed by atoms with van der Waals surface area (Å²) in [4.78, 5) is 11.0. The standard InChI is InChI=1S/C20H21N3O3S/c1-2-14-19(22-20(21)27)18-15(9-6-10-16(18)26-12-17(24)25)23(14)11-13-7-4-3-5-8-13/h3-10H,2,11-12H2,1H3,(H,24,25)(H3,21,22,27). The number of carbonyl (C=O) groups is 1. The molecule has 0 radical (unpaired) electrons. The van der Waals surface area contributed by atoms with E-state index in [2.05, 4.69) is 28.9 Å². The molecule has 1 aromatic heterocycles. The molecule has 4 N–H and O–H groups in total. The number of anilines is 1. The van der Waals surface area contributed by atoms with Gasteiger partial charge in [0.2, 0.25) is 0 Å². The van der Waals surface area contributed by atoms with Crippen molar-refractivity contribution >= 4 is 39.9 Å². The Labute approximate surface area is 162 Å². The van der Waals surface area contributed by atoms with Crippen LogP contribution in [0.1, 0.15) is 18.2 Å². The van der Waals surface area contributed by atoms with E-state index >= 15 is 0 Å². The van der Waals surface area contributed by atoms with Gasteiger partial charge in [0, 0.05) is 12.2 Å². The molecule has 0 unspecified atom stereocenters. The third-order valence-corrected chi connectivity index (χ3v) is 4.38. The fourth-order valence-electron chi connectivity index (χ4n) is 3.25. The van der Waals surface area contributed by atoms with Crippen LogP contribution in [0.3, 0.4) is 0 Å². The molecule has 0 spiro atoms. The largest absolute Gasteiger partial charge is 0.481 e. The van der Waals surface area contributed by atoms with E-state index in [1.807, 2.05) is 30.3 Å². The quantitative estimate of drug-likeness (QED) is 0.542. The van der Waals surface area contributed by atoms with Crippen LogP contribution in [0.25, 0.3) is 10.9 Å². The summed E-state index contributed by atoms with van der Waals surface area (Å²) in [6, 6.07) is 15.7. The van der Waals surface area contributed by atoms with E-state index in [0.717, 1.165) is 34.3 Å². The van der Waals surface area contributed by atoms with E-state index in [1.165, 1.54) is 0 Å². The van der Waals surface area contributed by atoms with Gasteiger partial charge >= 0.3 is 5.97 Å². The number of ether oxygens (including phenoxy) is 1. The molecule has 0 bridgehead atoms. The molecular formula is C20H21N3O3S. The summed E-state index contributed by atoms with van der Waals surface area (Å²) in [5.41, 5.74) is 9.62. The van der Waals surface area contributed by atoms with Crippen molar-refractivity contribution in [1.29, 1.82) is 0 Å². The van der Waals surface area contributed by atoms with Crippen LogP contribution in [0.5, 0.6) is 5.75 Å². The number of carboxylic acids is 1. The number of aliphatic carboxylic acids is 1. The Hall–Kier alpha value is -3.06. The van der Waals surface area contributed by atoms with Crippen LogP contribution in [0.4, 0.5) is 5.69 Å². The van der Waals surface area contributed by atoms with Crippen LogP contribution >= 0.6 is 12.2 Å². The first-order chi connectivity index (χ1) is 13.0. The van der Waals surface area contributed by atoms with E-state index in [9.17, 15) is 4.79 Å². The Morgan fingerprint density at radius 2 is 1.96 bits per heavy atom. The lowest BCUT2D eigenvalue weighted by Crippen LogP contribution is -2.20. The van der Waals surface area contributed by atoms with Crippen molar-refractivity contribution in [2.75, 3.05) is 11.9 Å². The first-order valence-electron chi connectivity index (χ1n) is 8.60. The minimum absolute atomic E-state index is 0.150. The maximum Gasteiger partial charge on any atom is 0.341 e. The summed E-state index contributed by atoms with van der Waals surface area (Å²) in [5, 5.41) is 13.0. The number of nitrogens with zero attached hydrogens (tertiary/aromatic N) is 1. The molecule has 0 atom stereocenters. The van der Waals surface area contributed by atoms with Crippen molar-refractivity contribution in [3.05, 3.63) is 59.8 Å². The second-order valence-electron chi connectivity index (χ2n) is 6.07. The molecule has 7 heteroatoms. The van der Waals surface area contributed by atoms with Gasteiger partial charge in [0.15, 0.2) is 11.7 Å². The fourth-order valence-corrected chi connectivity index (χ4v) is 3.35. The summed E-state index contributed by atoms with van der Waals surface area (Å²) < 4.78 is 7.71. The lowest BCUT2D eigenvalue weighted by molar-refractivity contribution is -0.139. The van der Waals surface area contributed by atoms with E-state index in [0.29, 0.717) is 12.3 Å². The molecule has 3 rings (SSSR count). The smallest absolute Gasteiger partial charge is 0.341 e. The highest BCUT2D eigenvalue weighted by atomic mass is 32.1. The maximum atomic E-state index is 11.0. The van der Waals surface area contributed by atoms with Crippen molar-refractivity contribution in [1.82, 2.24) is 4.57 Å². The van der Waals surface area contributed by atoms with E-state index < -0.39 is 12.6 Å². The summed E-state index contributed by atoms with van der Waals surface area (Å²) in [5.74, 6) is -0.551. The number of nitrogens with two attached hydrogens (primary N) is 1. The predicted molar refractivity (Wildman–Crippen MR) is 110 cm³/mol. The number of benzene rings is 2. The minimum atomic E-state index is -1.03. The Morgan fingerprint density at radius 3 is 2.59 bits per heavy atom. The number of hydrogen-bond acceptors (Lipinski definition) is 3. The average Bonchev–Trinajstić information content (AvgIpc) is 2.93. The summed E-state index contributed by atoms with van der Waals surface area (Å²) >= 11 is 5.06. The van der Waals surface area contributed by atoms with Crippen molar-refractivity contribution in [2.45, 2.75) is 19.9 Å². The second-order valence-corrected chi connectivity index (χ2v) is 6.51. The molecule has 27 heavy (non-hydrogen) atoms. The normalized spacial score (nSPS) is 10.7. The zero-order chi connectivity index (χ0) is 19.4. The SMILES string of the molecule is CCc1c(NC(N)=S)c2c(OCC(=O)O)cccc2n1Cc1ccccc1. The molecule has 140 valence electrons. The molecule has 0 amide bonds. The number of nitrogens with one attached hydrogen (secondary N) is 1. The highest BCUT2D eigenvalue weighted by Gasteiger charge is 2.20. The molecule has 0 aliphatic carbocycles. The third-order valence-electron chi connectivity index (χ3n) is 4.28. The van der Waals surface area contributed by atoms with Gasteiger partial charge in [-0.25, -0.2) is 4.79 Å². The van der Waals surface area contributed by atoms with Crippen LogP contribution in [-0.4, -0.2) is 27.4 Å². The summed E-state index contributed by atoms with van der Waals surface area (Å²) in [6.45, 7) is 2.30. The molecule has 0 saturated heterocycles. The summed E-state index contributed by atoms with van der Waals surface area (Å²) in [6.07, 6.45) is 0.741. The van der Waals surface area contributed by atoms with Crippen LogP contribution in [0.2, 0.25) is 0 Å². The molecule has 3 aromatic rings. The summed E-state index contributed by atoms with van der Waals surface area (Å²) in [7, 11) is 0. The lowest BCUT2D eigenvalue weighted by Gasteiger charge is -2.11. The lowest BCUT2D eigenvalue weighted by atomic mass is 10.2. The van der Waals surface area contributed by atoms with Gasteiger partial charge in [-0.1, -0.05) is 43.3 Å². The molecule has 0 fully saturated rings. The molecular weight excluding hydrogens is 362 g/mol. The third kappa shape index (κ3) is 4.03. The molecule has 0 aliphatic rings. The Bertz CT molecular complexity index is 983. The highest BCUT2D eigenvalue weighted by Crippen LogP contribution is 2.38. The first-order valence-corrected chi connectivity index (χ1v) is 9.01. The average molecular weight is 383 g/mol. The fraction of sp³-hybridized carbons (Fsp3) is 0.200. The minimum Gasteiger partial charge on any atom is -0.481 e. The molecule has 6 nitrogen and oxygen atoms in total. The zero-order valence-electron chi connectivity index (χ0n) is 14.9. The van der Waals surface area contributed by atoms with E-state index in [4.69, 9.17) is 27.8 Å². The van der Waals surface area contributed by atoms with Crippen molar-refractivity contribution in [2.24, 2.45) is 5.73 Å². The van der Waals surface area contributed by atoms with Gasteiger partial charge in [-0.05, 0) is 36.3 Å². The topological polar surface area (TPSA) is 89.5 Å². The predicted octanol–water partition coefficient (Wildman–Crippen LogP) is 3.37. The van der Waals surface area contributed by atoms with Crippen LogP contribution in [0.15, 0.2) is 48.5 Å². The van der Waals surface area contributed by atoms with Gasteiger partial charge in [0.05, 0.1) is 16.6 Å². The molecule has 0 saturated carbocycles. The monoisotopic (exact) mass is 383 g/mol. The number of thiocarbonyl (C=S) groups is 1. The number of carboxylic acid groups (broad SMARTS) is 1. The van der Waals surface area contributed by atoms with Gasteiger partial charge < -0.3 is 25.5 Å². The van der Waals surface area contributed by atoms with Crippen LogP contribution < -0.4 is 15.8 Å². The molecule has 0 aliphatic heterocycles. The van der Waals surface area contributed by atoms with Gasteiger partial charge in [-0.2, -0.15) is 0 Å². The Balaban J connectivity index is 2.20. The molecule has 2 aromatic carbocycles. The van der Waals surface area contributed by atoms with Gasteiger partial charge in [-0.15, -0.1) is 0 Å². The number of rotatable bonds is 7. The van der Waals surface area contributed by atoms with Gasteiger partial charge in [0.1, 0.15) is 5.75 Å². The van der Waals surface area contributed by atoms with E-state index in [-0.39, 0.29) is 5.11 Å². The maximum absolute atomic E-state index is 11.0. The first kappa shape index (κ1) is 18.7.